The average Bonchev–Trinajstić information content (AvgIpc) is 2.45. The molecule has 2 aromatic rings. The molecule has 0 aliphatic carbocycles. The van der Waals surface area contributed by atoms with E-state index >= 15 is 0 Å². The molecule has 0 saturated heterocycles. The van der Waals surface area contributed by atoms with Gasteiger partial charge in [0.2, 0.25) is 0 Å². The van der Waals surface area contributed by atoms with Crippen LogP contribution in [0.25, 0.3) is 5.52 Å². The molecule has 4 nitrogen and oxygen atoms in total. The molecule has 0 N–H and O–H groups in total. The minimum atomic E-state index is -3.79. The molecule has 0 fully saturated rings. The topological polar surface area (TPSA) is 51.4 Å². The van der Waals surface area contributed by atoms with Crippen LogP contribution in [0, 0.1) is 13.8 Å². The largest absolute Gasteiger partial charge is 0.302 e. The maximum absolute atomic E-state index is 11.3. The van der Waals surface area contributed by atoms with E-state index in [1.165, 1.54) is 0 Å². The minimum absolute atomic E-state index is 0.0697. The van der Waals surface area contributed by atoms with E-state index in [-0.39, 0.29) is 5.03 Å². The van der Waals surface area contributed by atoms with Crippen molar-refractivity contribution in [2.75, 3.05) is 0 Å². The van der Waals surface area contributed by atoms with Gasteiger partial charge in [-0.05, 0) is 25.5 Å². The Hall–Kier alpha value is -1.07. The number of halogens is 1. The van der Waals surface area contributed by atoms with Gasteiger partial charge >= 0.3 is 0 Å². The Balaban J connectivity index is 3.01. The van der Waals surface area contributed by atoms with Crippen molar-refractivity contribution in [2.45, 2.75) is 18.9 Å². The van der Waals surface area contributed by atoms with Crippen LogP contribution in [0.3, 0.4) is 0 Å². The predicted octanol–water partition coefficient (Wildman–Crippen LogP) is 1.88. The van der Waals surface area contributed by atoms with Gasteiger partial charge in [-0.2, -0.15) is 0 Å². The monoisotopic (exact) mass is 244 g/mol. The lowest BCUT2D eigenvalue weighted by Crippen LogP contribution is -1.93. The van der Waals surface area contributed by atoms with E-state index in [0.717, 1.165) is 5.56 Å². The van der Waals surface area contributed by atoms with Gasteiger partial charge < -0.3 is 4.40 Å². The van der Waals surface area contributed by atoms with Crippen LogP contribution in [0.5, 0.6) is 0 Å². The molecule has 2 rings (SSSR count). The second-order valence-electron chi connectivity index (χ2n) is 3.31. The van der Waals surface area contributed by atoms with Gasteiger partial charge in [0, 0.05) is 16.9 Å². The molecule has 0 unspecified atom stereocenters. The fraction of sp³-hybridized carbons (Fsp3) is 0.222. The van der Waals surface area contributed by atoms with Crippen LogP contribution in [0.15, 0.2) is 23.4 Å². The summed E-state index contributed by atoms with van der Waals surface area (Å²) in [5.74, 6) is 0.605. The van der Waals surface area contributed by atoms with Crippen molar-refractivity contribution < 1.29 is 8.42 Å². The zero-order valence-corrected chi connectivity index (χ0v) is 9.80. The van der Waals surface area contributed by atoms with E-state index in [0.29, 0.717) is 11.3 Å². The van der Waals surface area contributed by atoms with Crippen LogP contribution in [-0.2, 0) is 9.05 Å². The highest BCUT2D eigenvalue weighted by Gasteiger charge is 2.20. The lowest BCUT2D eigenvalue weighted by Gasteiger charge is -1.99. The first-order chi connectivity index (χ1) is 6.91. The molecule has 2 heterocycles. The van der Waals surface area contributed by atoms with E-state index in [2.05, 4.69) is 4.98 Å². The van der Waals surface area contributed by atoms with Gasteiger partial charge in [-0.25, -0.2) is 13.4 Å². The summed E-state index contributed by atoms with van der Waals surface area (Å²) >= 11 is 0. The van der Waals surface area contributed by atoms with E-state index in [4.69, 9.17) is 10.7 Å². The van der Waals surface area contributed by atoms with Crippen molar-refractivity contribution in [3.05, 3.63) is 29.7 Å². The highest BCUT2D eigenvalue weighted by atomic mass is 35.7. The first-order valence-electron chi connectivity index (χ1n) is 4.30. The second-order valence-corrected chi connectivity index (χ2v) is 5.79. The zero-order valence-electron chi connectivity index (χ0n) is 8.23. The Morgan fingerprint density at radius 1 is 1.40 bits per heavy atom. The highest BCUT2D eigenvalue weighted by Crippen LogP contribution is 2.23. The number of aryl methyl sites for hydroxylation is 2. The zero-order chi connectivity index (χ0) is 11.2. The van der Waals surface area contributed by atoms with Crippen LogP contribution < -0.4 is 0 Å². The third-order valence-electron chi connectivity index (χ3n) is 2.24. The molecule has 0 bridgehead atoms. The molecule has 0 radical (unpaired) electrons. The Labute approximate surface area is 91.9 Å². The van der Waals surface area contributed by atoms with Gasteiger partial charge in [-0.1, -0.05) is 6.07 Å². The molecule has 2 aromatic heterocycles. The first-order valence-corrected chi connectivity index (χ1v) is 6.61. The molecule has 0 saturated carbocycles. The van der Waals surface area contributed by atoms with E-state index in [1.807, 2.05) is 19.1 Å². The molecule has 0 amide bonds. The van der Waals surface area contributed by atoms with Crippen molar-refractivity contribution in [3.8, 4) is 0 Å². The van der Waals surface area contributed by atoms with Crippen LogP contribution >= 0.6 is 10.7 Å². The summed E-state index contributed by atoms with van der Waals surface area (Å²) in [5, 5.41) is -0.0697. The minimum Gasteiger partial charge on any atom is -0.302 e. The molecule has 0 atom stereocenters. The van der Waals surface area contributed by atoms with Gasteiger partial charge in [0.05, 0.1) is 5.52 Å². The number of aromatic nitrogens is 2. The number of fused-ring (bicyclic) bond motifs is 1. The van der Waals surface area contributed by atoms with Crippen LogP contribution in [0.2, 0.25) is 0 Å². The number of hydrogen-bond donors (Lipinski definition) is 0. The second kappa shape index (κ2) is 3.21. The lowest BCUT2D eigenvalue weighted by atomic mass is 10.3. The first kappa shape index (κ1) is 10.4. The molecule has 80 valence electrons. The van der Waals surface area contributed by atoms with Crippen LogP contribution in [0.1, 0.15) is 11.4 Å². The van der Waals surface area contributed by atoms with Crippen molar-refractivity contribution in [3.63, 3.8) is 0 Å². The summed E-state index contributed by atoms with van der Waals surface area (Å²) in [4.78, 5) is 3.96. The van der Waals surface area contributed by atoms with Gasteiger partial charge in [0.1, 0.15) is 5.82 Å². The number of hydrogen-bond acceptors (Lipinski definition) is 3. The fourth-order valence-electron chi connectivity index (χ4n) is 1.58. The van der Waals surface area contributed by atoms with Gasteiger partial charge in [0.15, 0.2) is 5.03 Å². The van der Waals surface area contributed by atoms with Crippen molar-refractivity contribution >= 4 is 25.2 Å². The SMILES string of the molecule is Cc1cccn2c(C)nc(S(=O)(=O)Cl)c12. The highest BCUT2D eigenvalue weighted by molar-refractivity contribution is 8.13. The molecule has 0 aliphatic rings. The van der Waals surface area contributed by atoms with Gasteiger partial charge in [0.25, 0.3) is 9.05 Å². The smallest absolute Gasteiger partial charge is 0.280 e. The molecular formula is C9H9ClN2O2S. The Kier molecular flexibility index (Phi) is 2.24. The third-order valence-corrected chi connectivity index (χ3v) is 3.43. The van der Waals surface area contributed by atoms with Gasteiger partial charge in [-0.3, -0.25) is 0 Å². The average molecular weight is 245 g/mol. The normalized spacial score (nSPS) is 12.2. The Morgan fingerprint density at radius 3 is 2.67 bits per heavy atom. The Bertz CT molecular complexity index is 631. The molecule has 0 spiro atoms. The van der Waals surface area contributed by atoms with E-state index in [1.54, 1.807) is 17.5 Å². The van der Waals surface area contributed by atoms with Crippen molar-refractivity contribution in [2.24, 2.45) is 0 Å². The van der Waals surface area contributed by atoms with Gasteiger partial charge in [-0.15, -0.1) is 0 Å². The molecular weight excluding hydrogens is 236 g/mol. The number of nitrogens with zero attached hydrogens (tertiary/aromatic N) is 2. The molecule has 0 aromatic carbocycles. The Morgan fingerprint density at radius 2 is 2.07 bits per heavy atom. The summed E-state index contributed by atoms with van der Waals surface area (Å²) in [6.07, 6.45) is 1.76. The summed E-state index contributed by atoms with van der Waals surface area (Å²) in [7, 11) is 1.53. The molecule has 0 aliphatic heterocycles. The number of imidazole rings is 1. The van der Waals surface area contributed by atoms with Crippen molar-refractivity contribution in [1.29, 1.82) is 0 Å². The summed E-state index contributed by atoms with van der Waals surface area (Å²) in [5.41, 5.74) is 1.38. The standard InChI is InChI=1S/C9H9ClN2O2S/c1-6-4-3-5-12-7(2)11-9(8(6)12)15(10,13)14/h3-5H,1-2H3. The third kappa shape index (κ3) is 1.61. The van der Waals surface area contributed by atoms with E-state index < -0.39 is 9.05 Å². The maximum Gasteiger partial charge on any atom is 0.280 e. The summed E-state index contributed by atoms with van der Waals surface area (Å²) < 4.78 is 24.3. The summed E-state index contributed by atoms with van der Waals surface area (Å²) in [6.45, 7) is 3.56. The van der Waals surface area contributed by atoms with Crippen LogP contribution in [0.4, 0.5) is 0 Å². The summed E-state index contributed by atoms with van der Waals surface area (Å²) in [6, 6.07) is 3.66. The number of rotatable bonds is 1. The quantitative estimate of drug-likeness (QED) is 0.720. The molecule has 6 heteroatoms. The van der Waals surface area contributed by atoms with Crippen molar-refractivity contribution in [1.82, 2.24) is 9.38 Å². The lowest BCUT2D eigenvalue weighted by molar-refractivity contribution is 0.607. The van der Waals surface area contributed by atoms with E-state index in [9.17, 15) is 8.42 Å². The van der Waals surface area contributed by atoms with Crippen LogP contribution in [-0.4, -0.2) is 17.8 Å². The number of pyridine rings is 1. The molecule has 15 heavy (non-hydrogen) atoms. The fourth-order valence-corrected chi connectivity index (χ4v) is 2.64. The maximum atomic E-state index is 11.3. The predicted molar refractivity (Wildman–Crippen MR) is 57.7 cm³/mol.